The number of ether oxygens (including phenoxy) is 1. The molecule has 2 aromatic carbocycles. The van der Waals surface area contributed by atoms with Crippen molar-refractivity contribution in [1.29, 1.82) is 0 Å². The molecule has 1 amide bonds. The molecule has 1 aliphatic rings. The fourth-order valence-corrected chi connectivity index (χ4v) is 4.03. The van der Waals surface area contributed by atoms with E-state index in [0.717, 1.165) is 31.1 Å². The first-order valence-corrected chi connectivity index (χ1v) is 10.7. The Labute approximate surface area is 193 Å². The second-order valence-corrected chi connectivity index (χ2v) is 8.43. The molecule has 0 aliphatic carbocycles. The molecule has 3 nitrogen and oxygen atoms in total. The molecular weight excluding hydrogens is 469 g/mol. The van der Waals surface area contributed by atoms with Crippen molar-refractivity contribution in [1.82, 2.24) is 5.32 Å². The molecular formula is C23H21Cl2F4NO2. The second-order valence-electron chi connectivity index (χ2n) is 7.61. The summed E-state index contributed by atoms with van der Waals surface area (Å²) in [6.07, 6.45) is -0.907. The maximum Gasteiger partial charge on any atom is 0.399 e. The molecule has 32 heavy (non-hydrogen) atoms. The lowest BCUT2D eigenvalue weighted by atomic mass is 9.96. The van der Waals surface area contributed by atoms with Gasteiger partial charge in [-0.1, -0.05) is 47.5 Å². The Morgan fingerprint density at radius 2 is 1.78 bits per heavy atom. The first-order chi connectivity index (χ1) is 15.1. The summed E-state index contributed by atoms with van der Waals surface area (Å²) < 4.78 is 59.8. The van der Waals surface area contributed by atoms with Crippen molar-refractivity contribution >= 4 is 35.2 Å². The van der Waals surface area contributed by atoms with Crippen LogP contribution < -0.4 is 5.32 Å². The quantitative estimate of drug-likeness (QED) is 0.374. The molecule has 0 spiro atoms. The number of benzene rings is 2. The summed E-state index contributed by atoms with van der Waals surface area (Å²) in [4.78, 5) is 12.5. The Hall–Kier alpha value is -2.09. The first kappa shape index (κ1) is 24.6. The van der Waals surface area contributed by atoms with Gasteiger partial charge in [-0.15, -0.1) is 0 Å². The summed E-state index contributed by atoms with van der Waals surface area (Å²) in [6, 6.07) is 6.66. The van der Waals surface area contributed by atoms with Crippen molar-refractivity contribution in [2.75, 3.05) is 13.2 Å². The van der Waals surface area contributed by atoms with Crippen LogP contribution in [0, 0.1) is 12.7 Å². The number of amides is 1. The van der Waals surface area contributed by atoms with Gasteiger partial charge >= 0.3 is 6.18 Å². The Morgan fingerprint density at radius 3 is 2.34 bits per heavy atom. The van der Waals surface area contributed by atoms with Crippen LogP contribution in [0.15, 0.2) is 36.4 Å². The number of nitrogens with one attached hydrogen (secondary N) is 1. The van der Waals surface area contributed by atoms with E-state index in [1.54, 1.807) is 25.1 Å². The molecule has 2 aromatic rings. The summed E-state index contributed by atoms with van der Waals surface area (Å²) in [6.45, 7) is 2.91. The molecule has 1 unspecified atom stereocenters. The number of alkyl halides is 3. The van der Waals surface area contributed by atoms with E-state index >= 15 is 0 Å². The number of aryl methyl sites for hydroxylation is 1. The Morgan fingerprint density at radius 1 is 1.16 bits per heavy atom. The molecule has 1 fully saturated rings. The summed E-state index contributed by atoms with van der Waals surface area (Å²) >= 11 is 11.3. The lowest BCUT2D eigenvalue weighted by Gasteiger charge is -2.23. The number of halogens is 6. The van der Waals surface area contributed by atoms with E-state index in [4.69, 9.17) is 27.9 Å². The normalized spacial score (nSPS) is 16.3. The highest BCUT2D eigenvalue weighted by Crippen LogP contribution is 2.39. The second kappa shape index (κ2) is 10.2. The van der Waals surface area contributed by atoms with Crippen LogP contribution in [0.25, 0.3) is 6.08 Å². The summed E-state index contributed by atoms with van der Waals surface area (Å²) in [5.74, 6) is -3.23. The molecule has 1 heterocycles. The van der Waals surface area contributed by atoms with Crippen LogP contribution in [-0.2, 0) is 4.74 Å². The molecule has 1 saturated heterocycles. The number of rotatable bonds is 5. The minimum absolute atomic E-state index is 0.0390. The monoisotopic (exact) mass is 489 g/mol. The van der Waals surface area contributed by atoms with Gasteiger partial charge in [-0.2, -0.15) is 13.2 Å². The van der Waals surface area contributed by atoms with Gasteiger partial charge in [-0.05, 0) is 54.7 Å². The van der Waals surface area contributed by atoms with Crippen LogP contribution in [0.2, 0.25) is 10.0 Å². The zero-order chi connectivity index (χ0) is 23.5. The summed E-state index contributed by atoms with van der Waals surface area (Å²) in [5.41, 5.74) is 1.30. The van der Waals surface area contributed by atoms with Gasteiger partial charge in [0.15, 0.2) is 5.82 Å². The van der Waals surface area contributed by atoms with Gasteiger partial charge in [0, 0.05) is 24.8 Å². The molecule has 0 aromatic heterocycles. The van der Waals surface area contributed by atoms with Gasteiger partial charge in [0.25, 0.3) is 5.91 Å². The molecule has 0 radical (unpaired) electrons. The van der Waals surface area contributed by atoms with Gasteiger partial charge in [-0.3, -0.25) is 4.79 Å². The number of hydrogen-bond donors (Lipinski definition) is 1. The maximum absolute atomic E-state index is 13.7. The zero-order valence-corrected chi connectivity index (χ0v) is 18.6. The lowest BCUT2D eigenvalue weighted by Crippen LogP contribution is -2.39. The van der Waals surface area contributed by atoms with E-state index in [2.05, 4.69) is 5.32 Å². The maximum atomic E-state index is 13.7. The van der Waals surface area contributed by atoms with Gasteiger partial charge in [0.1, 0.15) is 0 Å². The fraction of sp³-hybridized carbons (Fsp3) is 0.348. The van der Waals surface area contributed by atoms with Crippen molar-refractivity contribution < 1.29 is 27.1 Å². The predicted octanol–water partition coefficient (Wildman–Crippen LogP) is 6.71. The minimum Gasteiger partial charge on any atom is -0.381 e. The van der Waals surface area contributed by atoms with E-state index in [0.29, 0.717) is 29.9 Å². The highest BCUT2D eigenvalue weighted by molar-refractivity contribution is 6.35. The summed E-state index contributed by atoms with van der Waals surface area (Å²) in [7, 11) is 0. The van der Waals surface area contributed by atoms with Crippen molar-refractivity contribution in [3.05, 3.63) is 74.5 Å². The van der Waals surface area contributed by atoms with Crippen LogP contribution in [0.1, 0.15) is 45.8 Å². The average Bonchev–Trinajstić information content (AvgIpc) is 2.71. The van der Waals surface area contributed by atoms with Gasteiger partial charge < -0.3 is 10.1 Å². The van der Waals surface area contributed by atoms with Gasteiger partial charge in [0.05, 0.1) is 16.0 Å². The molecule has 9 heteroatoms. The van der Waals surface area contributed by atoms with Crippen molar-refractivity contribution in [3.63, 3.8) is 0 Å². The van der Waals surface area contributed by atoms with Crippen molar-refractivity contribution in [2.24, 2.45) is 0 Å². The predicted molar refractivity (Wildman–Crippen MR) is 117 cm³/mol. The third-order valence-electron chi connectivity index (χ3n) is 5.25. The number of allylic oxidation sites excluding steroid dienone is 1. The van der Waals surface area contributed by atoms with Crippen LogP contribution in [0.3, 0.4) is 0 Å². The van der Waals surface area contributed by atoms with E-state index in [1.165, 1.54) is 6.08 Å². The molecule has 1 atom stereocenters. The Kier molecular flexibility index (Phi) is 7.85. The SMILES string of the molecule is Cc1cc(/C=C/C(c2cc(Cl)c(F)c(Cl)c2)C(F)(F)F)ccc1C(=O)NC1CCOCC1. The van der Waals surface area contributed by atoms with E-state index in [-0.39, 0.29) is 17.5 Å². The third kappa shape index (κ3) is 6.03. The molecule has 0 saturated carbocycles. The van der Waals surface area contributed by atoms with Gasteiger partial charge in [-0.25, -0.2) is 4.39 Å². The largest absolute Gasteiger partial charge is 0.399 e. The van der Waals surface area contributed by atoms with Gasteiger partial charge in [0.2, 0.25) is 0 Å². The highest BCUT2D eigenvalue weighted by atomic mass is 35.5. The Bertz CT molecular complexity index is 995. The van der Waals surface area contributed by atoms with E-state index in [9.17, 15) is 22.4 Å². The lowest BCUT2D eigenvalue weighted by molar-refractivity contribution is -0.139. The van der Waals surface area contributed by atoms with Crippen LogP contribution in [0.5, 0.6) is 0 Å². The molecule has 0 bridgehead atoms. The van der Waals surface area contributed by atoms with Crippen molar-refractivity contribution in [3.8, 4) is 0 Å². The highest BCUT2D eigenvalue weighted by Gasteiger charge is 2.39. The topological polar surface area (TPSA) is 38.3 Å². The van der Waals surface area contributed by atoms with E-state index in [1.807, 2.05) is 0 Å². The number of carbonyl (C=O) groups is 1. The number of hydrogen-bond acceptors (Lipinski definition) is 2. The van der Waals surface area contributed by atoms with Crippen molar-refractivity contribution in [2.45, 2.75) is 37.9 Å². The average molecular weight is 490 g/mol. The van der Waals surface area contributed by atoms with E-state index < -0.39 is 28.0 Å². The number of carbonyl (C=O) groups excluding carboxylic acids is 1. The van der Waals surface area contributed by atoms with Crippen LogP contribution in [-0.4, -0.2) is 31.3 Å². The van der Waals surface area contributed by atoms with Crippen LogP contribution >= 0.6 is 23.2 Å². The standard InChI is InChI=1S/C23H21Cl2F4NO2/c1-13-10-14(2-4-17(13)22(31)30-16-6-8-32-9-7-16)3-5-18(23(27,28)29)15-11-19(24)21(26)20(25)12-15/h2-5,10-12,16,18H,6-9H2,1H3,(H,30,31)/b5-3+. The smallest absolute Gasteiger partial charge is 0.381 e. The third-order valence-corrected chi connectivity index (χ3v) is 5.80. The molecule has 3 rings (SSSR count). The minimum atomic E-state index is -4.64. The fourth-order valence-electron chi connectivity index (χ4n) is 3.52. The Balaban J connectivity index is 1.80. The molecule has 1 aliphatic heterocycles. The molecule has 1 N–H and O–H groups in total. The summed E-state index contributed by atoms with van der Waals surface area (Å²) in [5, 5.41) is 2.00. The zero-order valence-electron chi connectivity index (χ0n) is 17.1. The molecule has 172 valence electrons. The first-order valence-electron chi connectivity index (χ1n) is 9.95. The van der Waals surface area contributed by atoms with Crippen LogP contribution in [0.4, 0.5) is 17.6 Å².